The van der Waals surface area contributed by atoms with Crippen molar-refractivity contribution in [1.82, 2.24) is 5.32 Å². The first kappa shape index (κ1) is 13.3. The van der Waals surface area contributed by atoms with Gasteiger partial charge >= 0.3 is 0 Å². The second-order valence-electron chi connectivity index (χ2n) is 5.45. The van der Waals surface area contributed by atoms with Crippen LogP contribution in [0.1, 0.15) is 42.4 Å². The Morgan fingerprint density at radius 2 is 1.83 bits per heavy atom. The maximum Gasteiger partial charge on any atom is 0.150 e. The summed E-state index contributed by atoms with van der Waals surface area (Å²) in [6.07, 6.45) is 5.65. The van der Waals surface area contributed by atoms with Gasteiger partial charge in [0.2, 0.25) is 0 Å². The molecule has 98 valence electrons. The Hall–Kier alpha value is -1.15. The summed E-state index contributed by atoms with van der Waals surface area (Å²) in [6, 6.07) is 6.79. The Morgan fingerprint density at radius 1 is 1.22 bits per heavy atom. The third-order valence-corrected chi connectivity index (χ3v) is 3.96. The average molecular weight is 245 g/mol. The lowest BCUT2D eigenvalue weighted by atomic mass is 9.98. The lowest BCUT2D eigenvalue weighted by Crippen LogP contribution is -2.32. The number of hydrogen-bond acceptors (Lipinski definition) is 2. The van der Waals surface area contributed by atoms with Gasteiger partial charge in [0.05, 0.1) is 6.54 Å². The molecule has 0 spiro atoms. The van der Waals surface area contributed by atoms with Gasteiger partial charge < -0.3 is 5.32 Å². The number of hydrogen-bond donors (Lipinski definition) is 1. The number of rotatable bonds is 5. The van der Waals surface area contributed by atoms with E-state index in [4.69, 9.17) is 0 Å². The highest BCUT2D eigenvalue weighted by Crippen LogP contribution is 2.18. The Kier molecular flexibility index (Phi) is 4.54. The van der Waals surface area contributed by atoms with Crippen molar-refractivity contribution < 1.29 is 4.79 Å². The normalized spacial score (nSPS) is 16.1. The molecule has 2 rings (SSSR count). The minimum absolute atomic E-state index is 0.305. The van der Waals surface area contributed by atoms with Crippen molar-refractivity contribution in [1.29, 1.82) is 0 Å². The summed E-state index contributed by atoms with van der Waals surface area (Å²) in [5.41, 5.74) is 3.66. The van der Waals surface area contributed by atoms with Gasteiger partial charge in [-0.25, -0.2) is 0 Å². The van der Waals surface area contributed by atoms with Crippen LogP contribution in [0, 0.1) is 13.8 Å². The largest absolute Gasteiger partial charge is 0.307 e. The van der Waals surface area contributed by atoms with Crippen LogP contribution in [0.3, 0.4) is 0 Å². The van der Waals surface area contributed by atoms with Gasteiger partial charge in [-0.3, -0.25) is 4.79 Å². The van der Waals surface area contributed by atoms with Crippen LogP contribution < -0.4 is 5.32 Å². The van der Waals surface area contributed by atoms with Crippen molar-refractivity contribution >= 4 is 5.78 Å². The maximum atomic E-state index is 12.0. The molecule has 1 aliphatic carbocycles. The van der Waals surface area contributed by atoms with Gasteiger partial charge in [-0.05, 0) is 43.4 Å². The highest BCUT2D eigenvalue weighted by Gasteiger charge is 2.16. The molecule has 1 saturated carbocycles. The van der Waals surface area contributed by atoms with Crippen molar-refractivity contribution in [2.75, 3.05) is 6.54 Å². The number of Topliss-reactive ketones (excluding diaryl/α,β-unsaturated/α-hetero) is 1. The van der Waals surface area contributed by atoms with E-state index in [0.29, 0.717) is 24.8 Å². The highest BCUT2D eigenvalue weighted by atomic mass is 16.1. The van der Waals surface area contributed by atoms with Crippen LogP contribution in [0.5, 0.6) is 0 Å². The van der Waals surface area contributed by atoms with E-state index in [-0.39, 0.29) is 0 Å². The number of carbonyl (C=O) groups excluding carboxylic acids is 1. The Balaban J connectivity index is 1.86. The first-order valence-corrected chi connectivity index (χ1v) is 6.97. The summed E-state index contributed by atoms with van der Waals surface area (Å²) in [5, 5.41) is 3.39. The molecular formula is C16H23NO. The summed E-state index contributed by atoms with van der Waals surface area (Å²) in [7, 11) is 0. The molecular weight excluding hydrogens is 222 g/mol. The lowest BCUT2D eigenvalue weighted by molar-refractivity contribution is -0.117. The predicted octanol–water partition coefficient (Wildman–Crippen LogP) is 2.95. The fourth-order valence-electron chi connectivity index (χ4n) is 2.78. The Labute approximate surface area is 110 Å². The molecule has 0 aromatic heterocycles. The van der Waals surface area contributed by atoms with Gasteiger partial charge in [0.25, 0.3) is 0 Å². The smallest absolute Gasteiger partial charge is 0.150 e. The molecule has 0 amide bonds. The molecule has 0 heterocycles. The van der Waals surface area contributed by atoms with Crippen LogP contribution in [0.25, 0.3) is 0 Å². The van der Waals surface area contributed by atoms with Crippen LogP contribution in [0.4, 0.5) is 0 Å². The summed E-state index contributed by atoms with van der Waals surface area (Å²) in [6.45, 7) is 4.69. The molecule has 18 heavy (non-hydrogen) atoms. The number of nitrogens with one attached hydrogen (secondary N) is 1. The number of aryl methyl sites for hydroxylation is 2. The Morgan fingerprint density at radius 3 is 2.44 bits per heavy atom. The standard InChI is InChI=1S/C16H23NO/c1-12-6-5-7-13(2)16(12)10-15(18)11-17-14-8-3-4-9-14/h5-7,14,17H,3-4,8-11H2,1-2H3. The molecule has 0 radical (unpaired) electrons. The monoisotopic (exact) mass is 245 g/mol. The van der Waals surface area contributed by atoms with Crippen LogP contribution in [0.2, 0.25) is 0 Å². The third-order valence-electron chi connectivity index (χ3n) is 3.96. The minimum Gasteiger partial charge on any atom is -0.307 e. The predicted molar refractivity (Wildman–Crippen MR) is 74.9 cm³/mol. The second kappa shape index (κ2) is 6.14. The van der Waals surface area contributed by atoms with Crippen LogP contribution in [-0.2, 0) is 11.2 Å². The van der Waals surface area contributed by atoms with Crippen LogP contribution >= 0.6 is 0 Å². The minimum atomic E-state index is 0.305. The number of ketones is 1. The molecule has 1 aromatic carbocycles. The molecule has 0 aliphatic heterocycles. The van der Waals surface area contributed by atoms with Crippen LogP contribution in [-0.4, -0.2) is 18.4 Å². The third kappa shape index (κ3) is 3.42. The van der Waals surface area contributed by atoms with Gasteiger partial charge in [-0.2, -0.15) is 0 Å². The molecule has 1 aromatic rings. The van der Waals surface area contributed by atoms with Crippen molar-refractivity contribution in [3.8, 4) is 0 Å². The van der Waals surface area contributed by atoms with E-state index in [2.05, 4.69) is 37.4 Å². The van der Waals surface area contributed by atoms with Gasteiger partial charge in [0, 0.05) is 12.5 Å². The van der Waals surface area contributed by atoms with Gasteiger partial charge in [0.1, 0.15) is 0 Å². The number of benzene rings is 1. The summed E-state index contributed by atoms with van der Waals surface area (Å²) in [5.74, 6) is 0.305. The molecule has 0 saturated heterocycles. The molecule has 0 atom stereocenters. The fourth-order valence-corrected chi connectivity index (χ4v) is 2.78. The van der Waals surface area contributed by atoms with Crippen molar-refractivity contribution in [2.24, 2.45) is 0 Å². The zero-order chi connectivity index (χ0) is 13.0. The van der Waals surface area contributed by atoms with E-state index in [1.165, 1.54) is 42.4 Å². The molecule has 1 N–H and O–H groups in total. The molecule has 2 nitrogen and oxygen atoms in total. The summed E-state index contributed by atoms with van der Waals surface area (Å²) >= 11 is 0. The van der Waals surface area contributed by atoms with Crippen LogP contribution in [0.15, 0.2) is 18.2 Å². The zero-order valence-corrected chi connectivity index (χ0v) is 11.5. The van der Waals surface area contributed by atoms with E-state index in [0.717, 1.165) is 0 Å². The van der Waals surface area contributed by atoms with Gasteiger partial charge in [-0.1, -0.05) is 31.0 Å². The van der Waals surface area contributed by atoms with E-state index in [9.17, 15) is 4.79 Å². The van der Waals surface area contributed by atoms with Gasteiger partial charge in [0.15, 0.2) is 5.78 Å². The average Bonchev–Trinajstić information content (AvgIpc) is 2.84. The molecule has 0 bridgehead atoms. The number of carbonyl (C=O) groups is 1. The van der Waals surface area contributed by atoms with E-state index in [1.54, 1.807) is 0 Å². The first-order chi connectivity index (χ1) is 8.66. The van der Waals surface area contributed by atoms with Crippen molar-refractivity contribution in [3.05, 3.63) is 34.9 Å². The van der Waals surface area contributed by atoms with Crippen molar-refractivity contribution in [3.63, 3.8) is 0 Å². The summed E-state index contributed by atoms with van der Waals surface area (Å²) in [4.78, 5) is 12.0. The summed E-state index contributed by atoms with van der Waals surface area (Å²) < 4.78 is 0. The van der Waals surface area contributed by atoms with E-state index < -0.39 is 0 Å². The van der Waals surface area contributed by atoms with Crippen molar-refractivity contribution in [2.45, 2.75) is 52.0 Å². The second-order valence-corrected chi connectivity index (χ2v) is 5.45. The topological polar surface area (TPSA) is 29.1 Å². The quantitative estimate of drug-likeness (QED) is 0.864. The molecule has 2 heteroatoms. The molecule has 1 fully saturated rings. The lowest BCUT2D eigenvalue weighted by Gasteiger charge is -2.12. The highest BCUT2D eigenvalue weighted by molar-refractivity contribution is 5.83. The molecule has 0 unspecified atom stereocenters. The first-order valence-electron chi connectivity index (χ1n) is 6.97. The zero-order valence-electron chi connectivity index (χ0n) is 11.5. The van der Waals surface area contributed by atoms with Gasteiger partial charge in [-0.15, -0.1) is 0 Å². The van der Waals surface area contributed by atoms with E-state index >= 15 is 0 Å². The Bertz CT molecular complexity index is 399. The fraction of sp³-hybridized carbons (Fsp3) is 0.562. The maximum absolute atomic E-state index is 12.0. The molecule has 1 aliphatic rings. The van der Waals surface area contributed by atoms with E-state index in [1.807, 2.05) is 0 Å². The SMILES string of the molecule is Cc1cccc(C)c1CC(=O)CNC1CCCC1.